The fourth-order valence-electron chi connectivity index (χ4n) is 2.89. The number of carbonyl (C=O) groups excluding carboxylic acids is 2. The number of carbonyl (C=O) groups is 2. The van der Waals surface area contributed by atoms with E-state index in [4.69, 9.17) is 5.73 Å². The van der Waals surface area contributed by atoms with Crippen molar-refractivity contribution < 1.29 is 9.59 Å². The highest BCUT2D eigenvalue weighted by molar-refractivity contribution is 7.14. The highest BCUT2D eigenvalue weighted by Gasteiger charge is 2.40. The topological polar surface area (TPSA) is 72.2 Å². The van der Waals surface area contributed by atoms with Gasteiger partial charge in [-0.3, -0.25) is 9.59 Å². The lowest BCUT2D eigenvalue weighted by Gasteiger charge is -2.17. The van der Waals surface area contributed by atoms with E-state index in [0.717, 1.165) is 12.8 Å². The number of nitrogens with two attached hydrogens (primary N) is 1. The van der Waals surface area contributed by atoms with Crippen molar-refractivity contribution in [3.63, 3.8) is 0 Å². The molecule has 0 saturated heterocycles. The molecule has 1 saturated carbocycles. The molecule has 1 fully saturated rings. The van der Waals surface area contributed by atoms with Gasteiger partial charge in [-0.15, -0.1) is 11.3 Å². The third kappa shape index (κ3) is 1.84. The van der Waals surface area contributed by atoms with Gasteiger partial charge in [0.05, 0.1) is 5.56 Å². The lowest BCUT2D eigenvalue weighted by atomic mass is 9.93. The maximum absolute atomic E-state index is 12.2. The van der Waals surface area contributed by atoms with Crippen LogP contribution in [0.1, 0.15) is 23.2 Å². The first kappa shape index (κ1) is 11.5. The number of primary amides is 1. The third-order valence-corrected chi connectivity index (χ3v) is 4.61. The Morgan fingerprint density at radius 1 is 1.33 bits per heavy atom. The summed E-state index contributed by atoms with van der Waals surface area (Å²) in [5.41, 5.74) is 5.65. The second kappa shape index (κ2) is 4.24. The van der Waals surface area contributed by atoms with Crippen LogP contribution in [0.4, 0.5) is 5.00 Å². The number of nitrogens with one attached hydrogen (secondary N) is 1. The number of hydrogen-bond donors (Lipinski definition) is 2. The first-order chi connectivity index (χ1) is 8.65. The van der Waals surface area contributed by atoms with E-state index >= 15 is 0 Å². The van der Waals surface area contributed by atoms with E-state index in [1.807, 2.05) is 0 Å². The summed E-state index contributed by atoms with van der Waals surface area (Å²) < 4.78 is 0. The van der Waals surface area contributed by atoms with E-state index < -0.39 is 5.91 Å². The zero-order valence-electron chi connectivity index (χ0n) is 9.76. The van der Waals surface area contributed by atoms with E-state index in [-0.39, 0.29) is 11.8 Å². The number of amides is 2. The molecule has 1 aromatic rings. The molecule has 0 radical (unpaired) electrons. The molecular weight excluding hydrogens is 248 g/mol. The van der Waals surface area contributed by atoms with E-state index in [9.17, 15) is 9.59 Å². The average molecular weight is 262 g/mol. The lowest BCUT2D eigenvalue weighted by molar-refractivity contribution is -0.120. The predicted octanol–water partition coefficient (Wildman–Crippen LogP) is 2.00. The largest absolute Gasteiger partial charge is 0.366 e. The van der Waals surface area contributed by atoms with Crippen LogP contribution in [-0.4, -0.2) is 11.8 Å². The van der Waals surface area contributed by atoms with Crippen molar-refractivity contribution in [1.29, 1.82) is 0 Å². The molecule has 3 N–H and O–H groups in total. The first-order valence-corrected chi connectivity index (χ1v) is 6.89. The molecule has 2 amide bonds. The lowest BCUT2D eigenvalue weighted by Crippen LogP contribution is -2.26. The van der Waals surface area contributed by atoms with E-state index in [2.05, 4.69) is 17.5 Å². The van der Waals surface area contributed by atoms with Crippen molar-refractivity contribution in [3.05, 3.63) is 29.2 Å². The molecule has 2 aliphatic carbocycles. The molecule has 5 heteroatoms. The number of allylic oxidation sites excluding steroid dienone is 2. The molecule has 3 rings (SSSR count). The van der Waals surface area contributed by atoms with Crippen molar-refractivity contribution in [2.45, 2.75) is 12.8 Å². The number of rotatable bonds is 3. The second-order valence-electron chi connectivity index (χ2n) is 4.90. The van der Waals surface area contributed by atoms with Crippen LogP contribution >= 0.6 is 11.3 Å². The summed E-state index contributed by atoms with van der Waals surface area (Å²) in [6.07, 6.45) is 6.35. The quantitative estimate of drug-likeness (QED) is 0.818. The third-order valence-electron chi connectivity index (χ3n) is 3.78. The van der Waals surface area contributed by atoms with Crippen molar-refractivity contribution in [3.8, 4) is 0 Å². The van der Waals surface area contributed by atoms with Crippen LogP contribution in [0.15, 0.2) is 23.6 Å². The molecule has 1 heterocycles. The normalized spacial score (nSPS) is 28.6. The Labute approximate surface area is 109 Å². The molecule has 4 nitrogen and oxygen atoms in total. The molecule has 1 aromatic heterocycles. The first-order valence-electron chi connectivity index (χ1n) is 6.01. The van der Waals surface area contributed by atoms with Gasteiger partial charge in [0.1, 0.15) is 5.00 Å². The molecule has 0 unspecified atom stereocenters. The number of thiophene rings is 1. The van der Waals surface area contributed by atoms with Crippen molar-refractivity contribution in [2.75, 3.05) is 5.32 Å². The summed E-state index contributed by atoms with van der Waals surface area (Å²) in [4.78, 5) is 23.4. The monoisotopic (exact) mass is 262 g/mol. The zero-order chi connectivity index (χ0) is 12.7. The van der Waals surface area contributed by atoms with Crippen LogP contribution in [0.2, 0.25) is 0 Å². The van der Waals surface area contributed by atoms with Crippen LogP contribution in [0.25, 0.3) is 0 Å². The molecule has 3 atom stereocenters. The number of anilines is 1. The maximum atomic E-state index is 12.2. The SMILES string of the molecule is NC(=O)c1ccsc1NC(=O)[C@H]1C[C@@H]2C=C[C@H]1C2. The van der Waals surface area contributed by atoms with Gasteiger partial charge < -0.3 is 11.1 Å². The van der Waals surface area contributed by atoms with Crippen LogP contribution in [0.5, 0.6) is 0 Å². The minimum atomic E-state index is -0.501. The number of fused-ring (bicyclic) bond motifs is 2. The zero-order valence-corrected chi connectivity index (χ0v) is 10.6. The predicted molar refractivity (Wildman–Crippen MR) is 70.3 cm³/mol. The fourth-order valence-corrected chi connectivity index (χ4v) is 3.68. The maximum Gasteiger partial charge on any atom is 0.251 e. The summed E-state index contributed by atoms with van der Waals surface area (Å²) in [6, 6.07) is 1.64. The Hall–Kier alpha value is -1.62. The molecule has 18 heavy (non-hydrogen) atoms. The van der Waals surface area contributed by atoms with Crippen LogP contribution in [0.3, 0.4) is 0 Å². The second-order valence-corrected chi connectivity index (χ2v) is 5.82. The average Bonchev–Trinajstić information content (AvgIpc) is 3.03. The van der Waals surface area contributed by atoms with E-state index in [1.165, 1.54) is 11.3 Å². The molecular formula is C13H14N2O2S. The van der Waals surface area contributed by atoms with Gasteiger partial charge in [-0.05, 0) is 36.1 Å². The highest BCUT2D eigenvalue weighted by atomic mass is 32.1. The van der Waals surface area contributed by atoms with E-state index in [0.29, 0.717) is 22.4 Å². The standard InChI is InChI=1S/C13H14N2O2S/c14-11(16)9-3-4-18-13(9)15-12(17)10-6-7-1-2-8(10)5-7/h1-4,7-8,10H,5-6H2,(H2,14,16)(H,15,17)/t7-,8+,10+/m1/s1. The molecule has 0 aliphatic heterocycles. The van der Waals surface area contributed by atoms with Crippen molar-refractivity contribution in [1.82, 2.24) is 0 Å². The summed E-state index contributed by atoms with van der Waals surface area (Å²) in [6.45, 7) is 0. The van der Waals surface area contributed by atoms with E-state index in [1.54, 1.807) is 11.4 Å². The smallest absolute Gasteiger partial charge is 0.251 e. The Morgan fingerprint density at radius 2 is 2.17 bits per heavy atom. The van der Waals surface area contributed by atoms with Crippen molar-refractivity contribution in [2.24, 2.45) is 23.5 Å². The van der Waals surface area contributed by atoms with Crippen LogP contribution in [0, 0.1) is 17.8 Å². The van der Waals surface area contributed by atoms with Crippen LogP contribution < -0.4 is 11.1 Å². The molecule has 0 spiro atoms. The van der Waals surface area contributed by atoms with Gasteiger partial charge in [-0.2, -0.15) is 0 Å². The van der Waals surface area contributed by atoms with Gasteiger partial charge in [0, 0.05) is 5.92 Å². The van der Waals surface area contributed by atoms with Gasteiger partial charge in [0.15, 0.2) is 0 Å². The number of hydrogen-bond acceptors (Lipinski definition) is 3. The molecule has 2 aliphatic rings. The van der Waals surface area contributed by atoms with Gasteiger partial charge in [-0.25, -0.2) is 0 Å². The summed E-state index contributed by atoms with van der Waals surface area (Å²) in [5, 5.41) is 5.17. The highest BCUT2D eigenvalue weighted by Crippen LogP contribution is 2.44. The minimum Gasteiger partial charge on any atom is -0.366 e. The molecule has 0 aromatic carbocycles. The summed E-state index contributed by atoms with van der Waals surface area (Å²) in [7, 11) is 0. The molecule has 94 valence electrons. The molecule has 2 bridgehead atoms. The Morgan fingerprint density at radius 3 is 2.78 bits per heavy atom. The van der Waals surface area contributed by atoms with Crippen molar-refractivity contribution >= 4 is 28.2 Å². The van der Waals surface area contributed by atoms with Crippen LogP contribution in [-0.2, 0) is 4.79 Å². The Kier molecular flexibility index (Phi) is 2.70. The minimum absolute atomic E-state index is 0.0109. The summed E-state index contributed by atoms with van der Waals surface area (Å²) in [5.74, 6) is 0.482. The fraction of sp³-hybridized carbons (Fsp3) is 0.385. The summed E-state index contributed by atoms with van der Waals surface area (Å²) >= 11 is 1.33. The van der Waals surface area contributed by atoms with Gasteiger partial charge >= 0.3 is 0 Å². The van der Waals surface area contributed by atoms with Gasteiger partial charge in [0.2, 0.25) is 5.91 Å². The van der Waals surface area contributed by atoms with Gasteiger partial charge in [0.25, 0.3) is 5.91 Å². The Balaban J connectivity index is 1.73. The van der Waals surface area contributed by atoms with Gasteiger partial charge in [-0.1, -0.05) is 12.2 Å². The Bertz CT molecular complexity index is 535.